The molecule has 3 heteroatoms. The van der Waals surface area contributed by atoms with Crippen LogP contribution in [0.4, 0.5) is 5.95 Å². The Bertz CT molecular complexity index is 353. The topological polar surface area (TPSA) is 29.9 Å². The van der Waals surface area contributed by atoms with Crippen LogP contribution < -0.4 is 5.32 Å². The zero-order valence-electron chi connectivity index (χ0n) is 12.6. The summed E-state index contributed by atoms with van der Waals surface area (Å²) in [5.74, 6) is 1.08. The molecule has 1 heterocycles. The zero-order valence-corrected chi connectivity index (χ0v) is 12.6. The average Bonchev–Trinajstić information content (AvgIpc) is 2.88. The number of nitrogens with zero attached hydrogens (tertiary/aromatic N) is 2. The van der Waals surface area contributed by atoms with Crippen molar-refractivity contribution in [2.45, 2.75) is 83.7 Å². The van der Waals surface area contributed by atoms with Crippen LogP contribution in [-0.2, 0) is 0 Å². The first kappa shape index (κ1) is 14.4. The third-order valence-corrected chi connectivity index (χ3v) is 4.25. The maximum atomic E-state index is 4.51. The van der Waals surface area contributed by atoms with E-state index in [0.29, 0.717) is 12.1 Å². The summed E-state index contributed by atoms with van der Waals surface area (Å²) in [6.07, 6.45) is 16.0. The van der Waals surface area contributed by atoms with Crippen molar-refractivity contribution < 1.29 is 0 Å². The van der Waals surface area contributed by atoms with Crippen LogP contribution >= 0.6 is 0 Å². The summed E-state index contributed by atoms with van der Waals surface area (Å²) in [5, 5.41) is 3.60. The Morgan fingerprint density at radius 2 is 2.11 bits per heavy atom. The molecular weight excluding hydrogens is 234 g/mol. The van der Waals surface area contributed by atoms with Gasteiger partial charge in [-0.1, -0.05) is 45.4 Å². The highest BCUT2D eigenvalue weighted by molar-refractivity contribution is 5.28. The van der Waals surface area contributed by atoms with Crippen LogP contribution in [0.1, 0.15) is 77.7 Å². The van der Waals surface area contributed by atoms with Crippen LogP contribution in [0, 0.1) is 0 Å². The highest BCUT2D eigenvalue weighted by Gasteiger charge is 2.18. The van der Waals surface area contributed by atoms with Gasteiger partial charge in [0.25, 0.3) is 0 Å². The van der Waals surface area contributed by atoms with E-state index in [-0.39, 0.29) is 0 Å². The van der Waals surface area contributed by atoms with Crippen molar-refractivity contribution in [2.75, 3.05) is 5.32 Å². The number of hydrogen-bond acceptors (Lipinski definition) is 2. The molecule has 1 aromatic rings. The smallest absolute Gasteiger partial charge is 0.203 e. The van der Waals surface area contributed by atoms with Crippen LogP contribution in [0.5, 0.6) is 0 Å². The van der Waals surface area contributed by atoms with E-state index in [2.05, 4.69) is 34.9 Å². The van der Waals surface area contributed by atoms with Crippen molar-refractivity contribution >= 4 is 5.95 Å². The Kier molecular flexibility index (Phi) is 5.74. The Balaban J connectivity index is 1.87. The van der Waals surface area contributed by atoms with Gasteiger partial charge in [-0.15, -0.1) is 0 Å². The molecule has 0 amide bonds. The molecule has 1 aliphatic carbocycles. The molecule has 1 aliphatic rings. The number of rotatable bonds is 7. The third kappa shape index (κ3) is 4.26. The van der Waals surface area contributed by atoms with Crippen LogP contribution in [0.2, 0.25) is 0 Å². The second-order valence-corrected chi connectivity index (χ2v) is 5.99. The highest BCUT2D eigenvalue weighted by atomic mass is 15.2. The molecular formula is C16H29N3. The van der Waals surface area contributed by atoms with Gasteiger partial charge in [0.2, 0.25) is 5.95 Å². The van der Waals surface area contributed by atoms with Crippen LogP contribution in [-0.4, -0.2) is 15.6 Å². The lowest BCUT2D eigenvalue weighted by Gasteiger charge is -2.26. The van der Waals surface area contributed by atoms with E-state index in [0.717, 1.165) is 5.95 Å². The minimum atomic E-state index is 0.524. The lowest BCUT2D eigenvalue weighted by molar-refractivity contribution is 0.355. The summed E-state index contributed by atoms with van der Waals surface area (Å²) in [5.41, 5.74) is 0. The predicted octanol–water partition coefficient (Wildman–Crippen LogP) is 4.77. The quantitative estimate of drug-likeness (QED) is 0.718. The molecule has 0 bridgehead atoms. The summed E-state index contributed by atoms with van der Waals surface area (Å²) >= 11 is 0. The fourth-order valence-corrected chi connectivity index (χ4v) is 3.07. The van der Waals surface area contributed by atoms with E-state index in [1.54, 1.807) is 0 Å². The van der Waals surface area contributed by atoms with E-state index in [4.69, 9.17) is 0 Å². The zero-order chi connectivity index (χ0) is 13.5. The maximum Gasteiger partial charge on any atom is 0.203 e. The first-order valence-electron chi connectivity index (χ1n) is 8.10. The molecule has 1 fully saturated rings. The summed E-state index contributed by atoms with van der Waals surface area (Å²) in [4.78, 5) is 4.51. The standard InChI is InChI=1S/C16H29N3/c1-3-4-6-9-14(2)18-16-17-12-13-19(16)15-10-7-5-8-11-15/h12-15H,3-11H2,1-2H3,(H,17,18). The summed E-state index contributed by atoms with van der Waals surface area (Å²) < 4.78 is 2.37. The molecule has 3 nitrogen and oxygen atoms in total. The number of aromatic nitrogens is 2. The molecule has 1 atom stereocenters. The first-order chi connectivity index (χ1) is 9.31. The van der Waals surface area contributed by atoms with Crippen molar-refractivity contribution in [1.82, 2.24) is 9.55 Å². The Morgan fingerprint density at radius 1 is 1.32 bits per heavy atom. The molecule has 1 unspecified atom stereocenters. The SMILES string of the molecule is CCCCCC(C)Nc1nccn1C1CCCCC1. The van der Waals surface area contributed by atoms with E-state index in [9.17, 15) is 0 Å². The number of anilines is 1. The van der Waals surface area contributed by atoms with Crippen molar-refractivity contribution in [2.24, 2.45) is 0 Å². The molecule has 2 rings (SSSR count). The third-order valence-electron chi connectivity index (χ3n) is 4.25. The molecule has 1 N–H and O–H groups in total. The number of hydrogen-bond donors (Lipinski definition) is 1. The molecule has 0 saturated heterocycles. The van der Waals surface area contributed by atoms with E-state index >= 15 is 0 Å². The normalized spacial score (nSPS) is 18.4. The molecule has 0 spiro atoms. The van der Waals surface area contributed by atoms with E-state index < -0.39 is 0 Å². The predicted molar refractivity (Wildman–Crippen MR) is 81.6 cm³/mol. The fraction of sp³-hybridized carbons (Fsp3) is 0.812. The van der Waals surface area contributed by atoms with Crippen LogP contribution in [0.15, 0.2) is 12.4 Å². The molecule has 0 aromatic carbocycles. The molecule has 0 radical (unpaired) electrons. The van der Waals surface area contributed by atoms with Crippen molar-refractivity contribution in [1.29, 1.82) is 0 Å². The van der Waals surface area contributed by atoms with Gasteiger partial charge in [0, 0.05) is 24.5 Å². The van der Waals surface area contributed by atoms with Gasteiger partial charge in [-0.25, -0.2) is 4.98 Å². The van der Waals surface area contributed by atoms with Gasteiger partial charge in [0.15, 0.2) is 0 Å². The molecule has 108 valence electrons. The largest absolute Gasteiger partial charge is 0.353 e. The van der Waals surface area contributed by atoms with Crippen molar-refractivity contribution in [3.8, 4) is 0 Å². The fourth-order valence-electron chi connectivity index (χ4n) is 3.07. The van der Waals surface area contributed by atoms with Gasteiger partial charge in [-0.2, -0.15) is 0 Å². The minimum absolute atomic E-state index is 0.524. The van der Waals surface area contributed by atoms with Crippen LogP contribution in [0.25, 0.3) is 0 Å². The Hall–Kier alpha value is -0.990. The Morgan fingerprint density at radius 3 is 2.84 bits per heavy atom. The summed E-state index contributed by atoms with van der Waals surface area (Å²) in [6, 6.07) is 1.19. The number of unbranched alkanes of at least 4 members (excludes halogenated alkanes) is 2. The van der Waals surface area contributed by atoms with Gasteiger partial charge in [-0.05, 0) is 26.2 Å². The lowest BCUT2D eigenvalue weighted by atomic mass is 9.95. The summed E-state index contributed by atoms with van der Waals surface area (Å²) in [7, 11) is 0. The maximum absolute atomic E-state index is 4.51. The van der Waals surface area contributed by atoms with Crippen molar-refractivity contribution in [3.05, 3.63) is 12.4 Å². The Labute approximate surface area is 117 Å². The number of nitrogens with one attached hydrogen (secondary N) is 1. The minimum Gasteiger partial charge on any atom is -0.353 e. The van der Waals surface area contributed by atoms with Gasteiger partial charge in [0.1, 0.15) is 0 Å². The van der Waals surface area contributed by atoms with E-state index in [1.165, 1.54) is 57.8 Å². The second-order valence-electron chi connectivity index (χ2n) is 5.99. The molecule has 0 aliphatic heterocycles. The summed E-state index contributed by atoms with van der Waals surface area (Å²) in [6.45, 7) is 4.53. The number of imidazole rings is 1. The van der Waals surface area contributed by atoms with Gasteiger partial charge in [0.05, 0.1) is 0 Å². The van der Waals surface area contributed by atoms with Crippen molar-refractivity contribution in [3.63, 3.8) is 0 Å². The average molecular weight is 263 g/mol. The van der Waals surface area contributed by atoms with Crippen LogP contribution in [0.3, 0.4) is 0 Å². The van der Waals surface area contributed by atoms with Gasteiger partial charge >= 0.3 is 0 Å². The first-order valence-corrected chi connectivity index (χ1v) is 8.10. The molecule has 1 aromatic heterocycles. The second kappa shape index (κ2) is 7.56. The van der Waals surface area contributed by atoms with Gasteiger partial charge < -0.3 is 9.88 Å². The molecule has 19 heavy (non-hydrogen) atoms. The van der Waals surface area contributed by atoms with Gasteiger partial charge in [-0.3, -0.25) is 0 Å². The van der Waals surface area contributed by atoms with E-state index in [1.807, 2.05) is 6.20 Å². The highest BCUT2D eigenvalue weighted by Crippen LogP contribution is 2.30. The lowest BCUT2D eigenvalue weighted by Crippen LogP contribution is -2.21. The monoisotopic (exact) mass is 263 g/mol. The molecule has 1 saturated carbocycles.